The summed E-state index contributed by atoms with van der Waals surface area (Å²) < 4.78 is 18.5. The molecule has 1 aliphatic heterocycles. The lowest BCUT2D eigenvalue weighted by molar-refractivity contribution is -0.00221. The van der Waals surface area contributed by atoms with Crippen molar-refractivity contribution in [2.45, 2.75) is 19.5 Å². The fourth-order valence-corrected chi connectivity index (χ4v) is 2.69. The van der Waals surface area contributed by atoms with Gasteiger partial charge in [0.25, 0.3) is 0 Å². The smallest absolute Gasteiger partial charge is 0.123 e. The molecule has 0 amide bonds. The van der Waals surface area contributed by atoms with Crippen LogP contribution in [0.1, 0.15) is 11.1 Å². The van der Waals surface area contributed by atoms with E-state index in [9.17, 15) is 4.39 Å². The standard InChI is InChI=1S/C13H17BrFNO/c1-10-6-12(15)3-2-11(10)8-16-4-5-17-9-13(16)7-14/h2-3,6,13H,4-5,7-9H2,1H3. The lowest BCUT2D eigenvalue weighted by Gasteiger charge is -2.34. The minimum atomic E-state index is -0.162. The van der Waals surface area contributed by atoms with Crippen LogP contribution < -0.4 is 0 Å². The molecule has 0 aliphatic carbocycles. The number of rotatable bonds is 3. The first-order valence-electron chi connectivity index (χ1n) is 5.83. The summed E-state index contributed by atoms with van der Waals surface area (Å²) in [6.07, 6.45) is 0. The van der Waals surface area contributed by atoms with Crippen LogP contribution in [0.3, 0.4) is 0 Å². The summed E-state index contributed by atoms with van der Waals surface area (Å²) in [4.78, 5) is 2.39. The van der Waals surface area contributed by atoms with Crippen LogP contribution in [0.5, 0.6) is 0 Å². The molecule has 1 aromatic rings. The number of aryl methyl sites for hydroxylation is 1. The molecule has 1 heterocycles. The fraction of sp³-hybridized carbons (Fsp3) is 0.538. The van der Waals surface area contributed by atoms with E-state index in [0.717, 1.165) is 37.2 Å². The Morgan fingerprint density at radius 3 is 3.06 bits per heavy atom. The molecule has 1 saturated heterocycles. The highest BCUT2D eigenvalue weighted by molar-refractivity contribution is 9.09. The monoisotopic (exact) mass is 301 g/mol. The van der Waals surface area contributed by atoms with E-state index >= 15 is 0 Å². The molecule has 94 valence electrons. The highest BCUT2D eigenvalue weighted by Gasteiger charge is 2.22. The van der Waals surface area contributed by atoms with E-state index in [-0.39, 0.29) is 5.82 Å². The number of morpholine rings is 1. The second-order valence-corrected chi connectivity index (χ2v) is 5.07. The Kier molecular flexibility index (Phi) is 4.54. The molecule has 2 rings (SSSR count). The third-order valence-corrected chi connectivity index (χ3v) is 3.95. The maximum absolute atomic E-state index is 13.0. The van der Waals surface area contributed by atoms with Crippen LogP contribution >= 0.6 is 15.9 Å². The largest absolute Gasteiger partial charge is 0.378 e. The lowest BCUT2D eigenvalue weighted by atomic mass is 10.1. The number of ether oxygens (including phenoxy) is 1. The molecule has 1 aliphatic rings. The first-order valence-corrected chi connectivity index (χ1v) is 6.95. The van der Waals surface area contributed by atoms with Crippen LogP contribution in [0.2, 0.25) is 0 Å². The van der Waals surface area contributed by atoms with Crippen molar-refractivity contribution in [2.24, 2.45) is 0 Å². The second-order valence-electron chi connectivity index (χ2n) is 4.42. The number of benzene rings is 1. The number of alkyl halides is 1. The van der Waals surface area contributed by atoms with Gasteiger partial charge >= 0.3 is 0 Å². The normalized spacial score (nSPS) is 21.7. The molecule has 1 aromatic carbocycles. The predicted molar refractivity (Wildman–Crippen MR) is 69.9 cm³/mol. The molecule has 17 heavy (non-hydrogen) atoms. The van der Waals surface area contributed by atoms with Gasteiger partial charge in [0.2, 0.25) is 0 Å². The summed E-state index contributed by atoms with van der Waals surface area (Å²) in [7, 11) is 0. The molecular formula is C13H17BrFNO. The van der Waals surface area contributed by atoms with Crippen molar-refractivity contribution in [1.82, 2.24) is 4.90 Å². The van der Waals surface area contributed by atoms with E-state index in [1.165, 1.54) is 11.6 Å². The van der Waals surface area contributed by atoms with Crippen LogP contribution in [-0.4, -0.2) is 36.0 Å². The van der Waals surface area contributed by atoms with Gasteiger partial charge in [-0.15, -0.1) is 0 Å². The predicted octanol–water partition coefficient (Wildman–Crippen LogP) is 2.73. The van der Waals surface area contributed by atoms with Crippen molar-refractivity contribution in [2.75, 3.05) is 25.1 Å². The van der Waals surface area contributed by atoms with E-state index in [0.29, 0.717) is 6.04 Å². The van der Waals surface area contributed by atoms with E-state index < -0.39 is 0 Å². The Balaban J connectivity index is 2.08. The Hall–Kier alpha value is -0.450. The van der Waals surface area contributed by atoms with E-state index in [4.69, 9.17) is 4.74 Å². The first-order chi connectivity index (χ1) is 8.20. The van der Waals surface area contributed by atoms with Crippen LogP contribution in [0.25, 0.3) is 0 Å². The van der Waals surface area contributed by atoms with Gasteiger partial charge in [0, 0.05) is 24.5 Å². The maximum Gasteiger partial charge on any atom is 0.123 e. The minimum absolute atomic E-state index is 0.162. The highest BCUT2D eigenvalue weighted by Crippen LogP contribution is 2.17. The lowest BCUT2D eigenvalue weighted by Crippen LogP contribution is -2.45. The van der Waals surface area contributed by atoms with Gasteiger partial charge in [-0.3, -0.25) is 4.90 Å². The zero-order chi connectivity index (χ0) is 12.3. The van der Waals surface area contributed by atoms with Crippen LogP contribution in [0.4, 0.5) is 4.39 Å². The molecule has 2 nitrogen and oxygen atoms in total. The van der Waals surface area contributed by atoms with Gasteiger partial charge in [-0.25, -0.2) is 4.39 Å². The molecule has 0 aromatic heterocycles. The minimum Gasteiger partial charge on any atom is -0.378 e. The van der Waals surface area contributed by atoms with E-state index in [2.05, 4.69) is 20.8 Å². The van der Waals surface area contributed by atoms with Gasteiger partial charge < -0.3 is 4.74 Å². The van der Waals surface area contributed by atoms with Crippen molar-refractivity contribution < 1.29 is 9.13 Å². The summed E-state index contributed by atoms with van der Waals surface area (Å²) in [6.45, 7) is 5.32. The third-order valence-electron chi connectivity index (χ3n) is 3.21. The first kappa shape index (κ1) is 13.0. The van der Waals surface area contributed by atoms with Gasteiger partial charge in [-0.05, 0) is 30.2 Å². The van der Waals surface area contributed by atoms with Crippen molar-refractivity contribution in [3.8, 4) is 0 Å². The molecule has 0 bridgehead atoms. The summed E-state index contributed by atoms with van der Waals surface area (Å²) in [6, 6.07) is 5.42. The maximum atomic E-state index is 13.0. The second kappa shape index (κ2) is 5.94. The van der Waals surface area contributed by atoms with Crippen molar-refractivity contribution in [3.63, 3.8) is 0 Å². The molecule has 0 N–H and O–H groups in total. The topological polar surface area (TPSA) is 12.5 Å². The van der Waals surface area contributed by atoms with Gasteiger partial charge in [0.1, 0.15) is 5.82 Å². The summed E-state index contributed by atoms with van der Waals surface area (Å²) >= 11 is 3.51. The van der Waals surface area contributed by atoms with Gasteiger partial charge in [0.15, 0.2) is 0 Å². The number of nitrogens with zero attached hydrogens (tertiary/aromatic N) is 1. The fourth-order valence-electron chi connectivity index (χ4n) is 2.09. The number of hydrogen-bond acceptors (Lipinski definition) is 2. The molecule has 1 atom stereocenters. The van der Waals surface area contributed by atoms with Crippen molar-refractivity contribution in [1.29, 1.82) is 0 Å². The number of hydrogen-bond donors (Lipinski definition) is 0. The molecule has 1 fully saturated rings. The van der Waals surface area contributed by atoms with Crippen LogP contribution in [0.15, 0.2) is 18.2 Å². The average molecular weight is 302 g/mol. The summed E-state index contributed by atoms with van der Waals surface area (Å²) in [5, 5.41) is 0.910. The quantitative estimate of drug-likeness (QED) is 0.796. The Labute approximate surface area is 110 Å². The Bertz CT molecular complexity index is 386. The Morgan fingerprint density at radius 1 is 1.53 bits per heavy atom. The van der Waals surface area contributed by atoms with Crippen molar-refractivity contribution >= 4 is 15.9 Å². The van der Waals surface area contributed by atoms with Crippen LogP contribution in [0, 0.1) is 12.7 Å². The molecule has 4 heteroatoms. The zero-order valence-corrected chi connectivity index (χ0v) is 11.5. The zero-order valence-electron chi connectivity index (χ0n) is 9.96. The molecular weight excluding hydrogens is 285 g/mol. The van der Waals surface area contributed by atoms with Crippen LogP contribution in [-0.2, 0) is 11.3 Å². The van der Waals surface area contributed by atoms with Gasteiger partial charge in [-0.2, -0.15) is 0 Å². The highest BCUT2D eigenvalue weighted by atomic mass is 79.9. The number of halogens is 2. The molecule has 0 saturated carbocycles. The van der Waals surface area contributed by atoms with E-state index in [1.807, 2.05) is 13.0 Å². The molecule has 1 unspecified atom stereocenters. The summed E-state index contributed by atoms with van der Waals surface area (Å²) in [5.74, 6) is -0.162. The average Bonchev–Trinajstić information content (AvgIpc) is 2.33. The van der Waals surface area contributed by atoms with E-state index in [1.54, 1.807) is 6.07 Å². The molecule has 0 radical (unpaired) electrons. The SMILES string of the molecule is Cc1cc(F)ccc1CN1CCOCC1CBr. The Morgan fingerprint density at radius 2 is 2.35 bits per heavy atom. The van der Waals surface area contributed by atoms with Gasteiger partial charge in [-0.1, -0.05) is 22.0 Å². The van der Waals surface area contributed by atoms with Gasteiger partial charge in [0.05, 0.1) is 13.2 Å². The third kappa shape index (κ3) is 3.27. The van der Waals surface area contributed by atoms with Crippen molar-refractivity contribution in [3.05, 3.63) is 35.1 Å². The summed E-state index contributed by atoms with van der Waals surface area (Å²) in [5.41, 5.74) is 2.21. The molecule has 0 spiro atoms.